The van der Waals surface area contributed by atoms with Gasteiger partial charge in [-0.25, -0.2) is 9.97 Å². The summed E-state index contributed by atoms with van der Waals surface area (Å²) in [5.41, 5.74) is 4.50. The second-order valence-electron chi connectivity index (χ2n) is 6.33. The molecule has 138 valence electrons. The van der Waals surface area contributed by atoms with Crippen LogP contribution in [0.2, 0.25) is 0 Å². The number of aromatic nitrogens is 2. The number of carbonyl (C=O) groups excluding carboxylic acids is 1. The molecule has 0 fully saturated rings. The van der Waals surface area contributed by atoms with Gasteiger partial charge in [-0.05, 0) is 23.1 Å². The third kappa shape index (κ3) is 5.64. The van der Waals surface area contributed by atoms with Crippen molar-refractivity contribution in [1.82, 2.24) is 9.97 Å². The van der Waals surface area contributed by atoms with Crippen molar-refractivity contribution >= 4 is 11.7 Å². The van der Waals surface area contributed by atoms with Gasteiger partial charge in [-0.15, -0.1) is 0 Å². The van der Waals surface area contributed by atoms with Crippen molar-refractivity contribution in [3.63, 3.8) is 0 Å². The quantitative estimate of drug-likeness (QED) is 0.572. The largest absolute Gasteiger partial charge is 0.469 e. The number of anilines is 1. The summed E-state index contributed by atoms with van der Waals surface area (Å²) in [5.74, 6) is -0.187. The van der Waals surface area contributed by atoms with Crippen molar-refractivity contribution in [3.05, 3.63) is 90.0 Å². The molecule has 3 aromatic rings. The van der Waals surface area contributed by atoms with Crippen molar-refractivity contribution in [2.24, 2.45) is 0 Å². The molecule has 2 aromatic carbocycles. The van der Waals surface area contributed by atoms with Gasteiger partial charge in [-0.3, -0.25) is 4.79 Å². The van der Waals surface area contributed by atoms with Gasteiger partial charge in [0.1, 0.15) is 6.33 Å². The van der Waals surface area contributed by atoms with E-state index in [1.165, 1.54) is 24.6 Å². The van der Waals surface area contributed by atoms with Crippen LogP contribution in [0.5, 0.6) is 0 Å². The first kappa shape index (κ1) is 18.6. The molecule has 0 saturated carbocycles. The van der Waals surface area contributed by atoms with Crippen LogP contribution in [0.4, 0.5) is 5.69 Å². The molecular weight excluding hydrogens is 338 g/mol. The predicted molar refractivity (Wildman–Crippen MR) is 105 cm³/mol. The molecule has 5 nitrogen and oxygen atoms in total. The number of methoxy groups -OCH3 is 1. The minimum Gasteiger partial charge on any atom is -0.469 e. The molecule has 1 heterocycles. The van der Waals surface area contributed by atoms with Crippen molar-refractivity contribution in [2.45, 2.75) is 25.9 Å². The smallest absolute Gasteiger partial charge is 0.305 e. The lowest BCUT2D eigenvalue weighted by Gasteiger charge is -2.24. The minimum atomic E-state index is -0.187. The Bertz CT molecular complexity index is 854. The Morgan fingerprint density at radius 3 is 2.33 bits per heavy atom. The number of hydrogen-bond donors (Lipinski definition) is 0. The van der Waals surface area contributed by atoms with Crippen LogP contribution >= 0.6 is 0 Å². The number of nitrogens with zero attached hydrogens (tertiary/aromatic N) is 3. The Morgan fingerprint density at radius 1 is 0.926 bits per heavy atom. The number of carbonyl (C=O) groups is 1. The highest BCUT2D eigenvalue weighted by atomic mass is 16.5. The lowest BCUT2D eigenvalue weighted by atomic mass is 10.1. The molecule has 0 bridgehead atoms. The van der Waals surface area contributed by atoms with Gasteiger partial charge in [-0.2, -0.15) is 0 Å². The van der Waals surface area contributed by atoms with Gasteiger partial charge in [0, 0.05) is 19.5 Å². The molecule has 3 rings (SSSR count). The maximum atomic E-state index is 11.4. The molecule has 0 aliphatic carbocycles. The number of rotatable bonds is 8. The summed E-state index contributed by atoms with van der Waals surface area (Å²) in [7, 11) is 1.42. The van der Waals surface area contributed by atoms with Crippen molar-refractivity contribution < 1.29 is 9.53 Å². The summed E-state index contributed by atoms with van der Waals surface area (Å²) < 4.78 is 4.73. The van der Waals surface area contributed by atoms with Gasteiger partial charge >= 0.3 is 5.97 Å². The monoisotopic (exact) mass is 361 g/mol. The first-order chi connectivity index (χ1) is 13.2. The third-order valence-corrected chi connectivity index (χ3v) is 4.34. The SMILES string of the molecule is COC(=O)CCc1cccc(CN(Cc2ccccc2)c2cncnc2)c1. The van der Waals surface area contributed by atoms with Gasteiger partial charge < -0.3 is 9.64 Å². The van der Waals surface area contributed by atoms with E-state index >= 15 is 0 Å². The normalized spacial score (nSPS) is 10.4. The van der Waals surface area contributed by atoms with Crippen molar-refractivity contribution in [3.8, 4) is 0 Å². The minimum absolute atomic E-state index is 0.187. The molecule has 0 radical (unpaired) electrons. The summed E-state index contributed by atoms with van der Waals surface area (Å²) in [5, 5.41) is 0. The van der Waals surface area contributed by atoms with Crippen LogP contribution in [0, 0.1) is 0 Å². The van der Waals surface area contributed by atoms with Crippen LogP contribution in [0.3, 0.4) is 0 Å². The zero-order valence-electron chi connectivity index (χ0n) is 15.4. The zero-order valence-corrected chi connectivity index (χ0v) is 15.4. The van der Waals surface area contributed by atoms with E-state index in [4.69, 9.17) is 4.74 Å². The number of benzene rings is 2. The molecule has 0 amide bonds. The Kier molecular flexibility index (Phi) is 6.52. The average molecular weight is 361 g/mol. The Balaban J connectivity index is 1.76. The molecule has 0 unspecified atom stereocenters. The van der Waals surface area contributed by atoms with Crippen molar-refractivity contribution in [1.29, 1.82) is 0 Å². The van der Waals surface area contributed by atoms with Crippen LogP contribution in [0.1, 0.15) is 23.1 Å². The van der Waals surface area contributed by atoms with E-state index in [1.54, 1.807) is 0 Å². The van der Waals surface area contributed by atoms with E-state index < -0.39 is 0 Å². The number of aryl methyl sites for hydroxylation is 1. The highest BCUT2D eigenvalue weighted by Crippen LogP contribution is 2.19. The Morgan fingerprint density at radius 2 is 1.59 bits per heavy atom. The van der Waals surface area contributed by atoms with Gasteiger partial charge in [0.05, 0.1) is 25.2 Å². The van der Waals surface area contributed by atoms with Crippen LogP contribution in [0.25, 0.3) is 0 Å². The molecule has 0 spiro atoms. The van der Waals surface area contributed by atoms with Crippen molar-refractivity contribution in [2.75, 3.05) is 12.0 Å². The summed E-state index contributed by atoms with van der Waals surface area (Å²) in [6, 6.07) is 18.7. The maximum Gasteiger partial charge on any atom is 0.305 e. The standard InChI is InChI=1S/C22H23N3O2/c1-27-22(26)11-10-18-8-5-9-20(12-18)16-25(21-13-23-17-24-14-21)15-19-6-3-2-4-7-19/h2-9,12-14,17H,10-11,15-16H2,1H3. The first-order valence-electron chi connectivity index (χ1n) is 8.93. The van der Waals surface area contributed by atoms with E-state index in [0.29, 0.717) is 12.8 Å². The maximum absolute atomic E-state index is 11.4. The van der Waals surface area contributed by atoms with Gasteiger partial charge in [0.25, 0.3) is 0 Å². The average Bonchev–Trinajstić information content (AvgIpc) is 2.73. The number of ether oxygens (including phenoxy) is 1. The second kappa shape index (κ2) is 9.48. The highest BCUT2D eigenvalue weighted by molar-refractivity contribution is 5.69. The molecule has 0 aliphatic heterocycles. The molecule has 0 atom stereocenters. The zero-order chi connectivity index (χ0) is 18.9. The fourth-order valence-electron chi connectivity index (χ4n) is 2.95. The van der Waals surface area contributed by atoms with Gasteiger partial charge in [0.15, 0.2) is 0 Å². The van der Waals surface area contributed by atoms with Gasteiger partial charge in [-0.1, -0.05) is 54.6 Å². The van der Waals surface area contributed by atoms with E-state index in [-0.39, 0.29) is 5.97 Å². The molecule has 1 aromatic heterocycles. The molecular formula is C22H23N3O2. The fourth-order valence-corrected chi connectivity index (χ4v) is 2.95. The van der Waals surface area contributed by atoms with Crippen LogP contribution in [0.15, 0.2) is 73.3 Å². The number of esters is 1. The molecule has 27 heavy (non-hydrogen) atoms. The Labute approximate surface area is 159 Å². The molecule has 0 N–H and O–H groups in total. The first-order valence-corrected chi connectivity index (χ1v) is 8.93. The second-order valence-corrected chi connectivity index (χ2v) is 6.33. The fraction of sp³-hybridized carbons (Fsp3) is 0.227. The van der Waals surface area contributed by atoms with Crippen LogP contribution in [-0.4, -0.2) is 23.0 Å². The molecule has 0 aliphatic rings. The van der Waals surface area contributed by atoms with Gasteiger partial charge in [0.2, 0.25) is 0 Å². The summed E-state index contributed by atoms with van der Waals surface area (Å²) in [6.07, 6.45) is 6.26. The Hall–Kier alpha value is -3.21. The van der Waals surface area contributed by atoms with E-state index in [0.717, 1.165) is 24.3 Å². The molecule has 0 saturated heterocycles. The highest BCUT2D eigenvalue weighted by Gasteiger charge is 2.10. The van der Waals surface area contributed by atoms with Crippen LogP contribution in [-0.2, 0) is 29.0 Å². The third-order valence-electron chi connectivity index (χ3n) is 4.34. The molecule has 5 heteroatoms. The van der Waals surface area contributed by atoms with E-state index in [2.05, 4.69) is 39.1 Å². The lowest BCUT2D eigenvalue weighted by Crippen LogP contribution is -2.22. The van der Waals surface area contributed by atoms with Crippen LogP contribution < -0.4 is 4.90 Å². The van der Waals surface area contributed by atoms with E-state index in [9.17, 15) is 4.79 Å². The summed E-state index contributed by atoms with van der Waals surface area (Å²) >= 11 is 0. The lowest BCUT2D eigenvalue weighted by molar-refractivity contribution is -0.140. The summed E-state index contributed by atoms with van der Waals surface area (Å²) in [6.45, 7) is 1.49. The van der Waals surface area contributed by atoms with E-state index in [1.807, 2.05) is 42.7 Å². The predicted octanol–water partition coefficient (Wildman–Crippen LogP) is 3.79. The topological polar surface area (TPSA) is 55.3 Å². The summed E-state index contributed by atoms with van der Waals surface area (Å²) in [4.78, 5) is 22.0. The number of hydrogen-bond acceptors (Lipinski definition) is 5.